The van der Waals surface area contributed by atoms with Gasteiger partial charge in [-0.25, -0.2) is 0 Å². The molecular weight excluding hydrogens is 201 g/mol. The molecule has 1 heterocycles. The predicted molar refractivity (Wildman–Crippen MR) is 36.2 cm³/mol. The van der Waals surface area contributed by atoms with E-state index >= 15 is 0 Å². The zero-order valence-corrected chi connectivity index (χ0v) is 9.48. The minimum Gasteiger partial charge on any atom is -0.595 e. The molecule has 0 fully saturated rings. The Hall–Kier alpha value is 0.384. The van der Waals surface area contributed by atoms with Crippen LogP contribution in [0.5, 0.6) is 0 Å². The van der Waals surface area contributed by atoms with Gasteiger partial charge in [-0.15, -0.1) is 6.07 Å². The Morgan fingerprint density at radius 1 is 1.40 bits per heavy atom. The van der Waals surface area contributed by atoms with Crippen LogP contribution in [0, 0.1) is 6.26 Å². The Bertz CT molecular complexity index is 172. The van der Waals surface area contributed by atoms with Crippen LogP contribution in [0.2, 0.25) is 0 Å². The third-order valence-corrected chi connectivity index (χ3v) is 1.21. The van der Waals surface area contributed by atoms with Crippen molar-refractivity contribution >= 4 is 0 Å². The molecule has 0 aliphatic heterocycles. The summed E-state index contributed by atoms with van der Waals surface area (Å²) in [7, 11) is 0. The molecule has 2 heteroatoms. The van der Waals surface area contributed by atoms with Crippen LogP contribution in [-0.4, -0.2) is 0 Å². The van der Waals surface area contributed by atoms with Crippen LogP contribution in [0.4, 0.5) is 0 Å². The van der Waals surface area contributed by atoms with Gasteiger partial charge in [0.2, 0.25) is 0 Å². The van der Waals surface area contributed by atoms with Crippen LogP contribution in [0.1, 0.15) is 26.5 Å². The molecule has 0 saturated heterocycles. The van der Waals surface area contributed by atoms with Crippen molar-refractivity contribution in [2.45, 2.75) is 26.2 Å². The van der Waals surface area contributed by atoms with Gasteiger partial charge in [0.1, 0.15) is 0 Å². The third kappa shape index (κ3) is 2.55. The van der Waals surface area contributed by atoms with E-state index in [1.165, 1.54) is 0 Å². The maximum atomic E-state index is 5.07. The quantitative estimate of drug-likeness (QED) is 0.601. The van der Waals surface area contributed by atoms with Crippen molar-refractivity contribution in [3.05, 3.63) is 24.2 Å². The average molecular weight is 212 g/mol. The van der Waals surface area contributed by atoms with Crippen molar-refractivity contribution in [3.63, 3.8) is 0 Å². The van der Waals surface area contributed by atoms with Crippen molar-refractivity contribution in [2.24, 2.45) is 0 Å². The maximum Gasteiger partial charge on any atom is 0 e. The van der Waals surface area contributed by atoms with Gasteiger partial charge in [-0.05, 0) is 17.4 Å². The van der Waals surface area contributed by atoms with Crippen LogP contribution in [-0.2, 0) is 38.1 Å². The van der Waals surface area contributed by atoms with Crippen LogP contribution in [0.15, 0.2) is 16.5 Å². The molecule has 0 spiro atoms. The van der Waals surface area contributed by atoms with Gasteiger partial charge in [0.15, 0.2) is 0 Å². The summed E-state index contributed by atoms with van der Waals surface area (Å²) in [6.45, 7) is 6.33. The fourth-order valence-corrected chi connectivity index (χ4v) is 0.644. The van der Waals surface area contributed by atoms with E-state index in [1.807, 2.05) is 6.07 Å². The molecule has 0 unspecified atom stereocenters. The summed E-state index contributed by atoms with van der Waals surface area (Å²) in [5.74, 6) is 0.988. The second-order valence-electron chi connectivity index (χ2n) is 3.17. The van der Waals surface area contributed by atoms with Gasteiger partial charge < -0.3 is 4.42 Å². The van der Waals surface area contributed by atoms with Crippen LogP contribution in [0.25, 0.3) is 0 Å². The van der Waals surface area contributed by atoms with Gasteiger partial charge in [-0.3, -0.25) is 0 Å². The second kappa shape index (κ2) is 3.68. The van der Waals surface area contributed by atoms with E-state index in [-0.39, 0.29) is 38.1 Å². The molecule has 1 aromatic heterocycles. The van der Waals surface area contributed by atoms with Crippen molar-refractivity contribution in [3.8, 4) is 0 Å². The topological polar surface area (TPSA) is 13.1 Å². The average Bonchev–Trinajstić information content (AvgIpc) is 2.08. The van der Waals surface area contributed by atoms with Gasteiger partial charge in [0.05, 0.1) is 0 Å². The van der Waals surface area contributed by atoms with E-state index in [1.54, 1.807) is 6.07 Å². The molecule has 10 heavy (non-hydrogen) atoms. The SMILES string of the molecule is CC(C)(C)c1cc[c-]o1.[Y]. The van der Waals surface area contributed by atoms with E-state index < -0.39 is 0 Å². The fraction of sp³-hybridized carbons (Fsp3) is 0.500. The zero-order valence-electron chi connectivity index (χ0n) is 6.64. The number of hydrogen-bond donors (Lipinski definition) is 0. The van der Waals surface area contributed by atoms with Crippen LogP contribution < -0.4 is 0 Å². The van der Waals surface area contributed by atoms with Crippen molar-refractivity contribution < 1.29 is 37.1 Å². The first-order valence-corrected chi connectivity index (χ1v) is 3.07. The summed E-state index contributed by atoms with van der Waals surface area (Å²) in [5, 5.41) is 0. The van der Waals surface area contributed by atoms with Gasteiger partial charge in [-0.1, -0.05) is 20.8 Å². The van der Waals surface area contributed by atoms with Crippen molar-refractivity contribution in [1.29, 1.82) is 0 Å². The maximum absolute atomic E-state index is 5.07. The normalized spacial score (nSPS) is 10.7. The number of furan rings is 1. The smallest absolute Gasteiger partial charge is 0 e. The first-order chi connectivity index (χ1) is 4.11. The van der Waals surface area contributed by atoms with E-state index in [0.29, 0.717) is 0 Å². The predicted octanol–water partition coefficient (Wildman–Crippen LogP) is 2.37. The summed E-state index contributed by atoms with van der Waals surface area (Å²) in [6.07, 6.45) is 2.66. The summed E-state index contributed by atoms with van der Waals surface area (Å²) >= 11 is 0. The molecule has 0 aromatic carbocycles. The first-order valence-electron chi connectivity index (χ1n) is 3.07. The fourth-order valence-electron chi connectivity index (χ4n) is 0.644. The molecule has 1 rings (SSSR count). The minimum absolute atomic E-state index is 0. The largest absolute Gasteiger partial charge is 0.595 e. The van der Waals surface area contributed by atoms with Crippen molar-refractivity contribution in [2.75, 3.05) is 0 Å². The Kier molecular flexibility index (Phi) is 3.82. The van der Waals surface area contributed by atoms with Gasteiger partial charge >= 0.3 is 0 Å². The molecule has 0 saturated carbocycles. The second-order valence-corrected chi connectivity index (χ2v) is 3.17. The van der Waals surface area contributed by atoms with E-state index in [2.05, 4.69) is 27.0 Å². The molecule has 0 N–H and O–H groups in total. The zero-order chi connectivity index (χ0) is 6.91. The summed E-state index contributed by atoms with van der Waals surface area (Å²) in [4.78, 5) is 0. The Morgan fingerprint density at radius 3 is 2.20 bits per heavy atom. The van der Waals surface area contributed by atoms with E-state index in [0.717, 1.165) is 5.76 Å². The van der Waals surface area contributed by atoms with E-state index in [9.17, 15) is 0 Å². The molecule has 0 bridgehead atoms. The first kappa shape index (κ1) is 10.4. The standard InChI is InChI=1S/C8H11O.Y/c1-8(2,3)7-5-4-6-9-7;/h4-5H,1-3H3;/q-1;. The summed E-state index contributed by atoms with van der Waals surface area (Å²) < 4.78 is 5.07. The monoisotopic (exact) mass is 212 g/mol. The minimum atomic E-state index is 0. The third-order valence-electron chi connectivity index (χ3n) is 1.21. The van der Waals surface area contributed by atoms with Crippen LogP contribution >= 0.6 is 0 Å². The molecule has 1 nitrogen and oxygen atoms in total. The van der Waals surface area contributed by atoms with Gasteiger partial charge in [0, 0.05) is 32.7 Å². The van der Waals surface area contributed by atoms with Gasteiger partial charge in [0.25, 0.3) is 0 Å². The molecule has 0 amide bonds. The van der Waals surface area contributed by atoms with Gasteiger partial charge in [-0.2, -0.15) is 6.07 Å². The molecular formula is C8H11OY-. The molecule has 0 aliphatic rings. The van der Waals surface area contributed by atoms with Crippen molar-refractivity contribution in [1.82, 2.24) is 0 Å². The molecule has 0 atom stereocenters. The molecule has 1 aromatic rings. The molecule has 53 valence electrons. The molecule has 1 radical (unpaired) electrons. The summed E-state index contributed by atoms with van der Waals surface area (Å²) in [5.41, 5.74) is 0.125. The molecule has 0 aliphatic carbocycles. The summed E-state index contributed by atoms with van der Waals surface area (Å²) in [6, 6.07) is 3.74. The number of rotatable bonds is 0. The number of hydrogen-bond acceptors (Lipinski definition) is 1. The Morgan fingerprint density at radius 2 is 2.00 bits per heavy atom. The van der Waals surface area contributed by atoms with Crippen LogP contribution in [0.3, 0.4) is 0 Å². The Labute approximate surface area is 87.1 Å². The van der Waals surface area contributed by atoms with E-state index in [4.69, 9.17) is 4.42 Å². The Balaban J connectivity index is 0.000000810.